The van der Waals surface area contributed by atoms with Gasteiger partial charge in [0.2, 0.25) is 0 Å². The van der Waals surface area contributed by atoms with Crippen LogP contribution in [0.1, 0.15) is 66.7 Å². The molecule has 1 aliphatic carbocycles. The molecule has 1 fully saturated rings. The van der Waals surface area contributed by atoms with E-state index in [1.165, 1.54) is 0 Å². The van der Waals surface area contributed by atoms with Gasteiger partial charge >= 0.3 is 12.2 Å². The maximum absolute atomic E-state index is 13.0. The van der Waals surface area contributed by atoms with Crippen LogP contribution in [0.25, 0.3) is 0 Å². The smallest absolute Gasteiger partial charge is 0.407 e. The van der Waals surface area contributed by atoms with Crippen LogP contribution in [0.5, 0.6) is 0 Å². The third-order valence-electron chi connectivity index (χ3n) is 8.52. The second-order valence-electron chi connectivity index (χ2n) is 13.8. The van der Waals surface area contributed by atoms with Gasteiger partial charge in [-0.25, -0.2) is 9.59 Å². The van der Waals surface area contributed by atoms with E-state index in [-0.39, 0.29) is 30.1 Å². The fraction of sp³-hybridized carbons (Fsp3) is 0.722. The molecule has 2 amide bonds. The van der Waals surface area contributed by atoms with Gasteiger partial charge in [-0.15, -0.1) is 26.3 Å². The fourth-order valence-electron chi connectivity index (χ4n) is 6.15. The number of hydrogen-bond donors (Lipinski definition) is 2. The summed E-state index contributed by atoms with van der Waals surface area (Å²) in [6.45, 7) is 29.2. The third-order valence-corrected chi connectivity index (χ3v) is 8.52. The standard InChI is InChI=1S/C36H62N2O8/c1-10-16-41-24-35(14-5,25-42-17-11-2)28-45-31(39)37-23-34(9)21-30(20-33(7,8)22-34)38-32(40)46-29-36(15-6,26-43-18-12-3)27-44-19-13-4/h10-13,30H,1-4,14-29H2,5-9H3,(H,37,39)(H,38,40). The highest BCUT2D eigenvalue weighted by molar-refractivity contribution is 5.68. The van der Waals surface area contributed by atoms with Gasteiger partial charge in [-0.2, -0.15) is 0 Å². The van der Waals surface area contributed by atoms with Crippen LogP contribution >= 0.6 is 0 Å². The summed E-state index contributed by atoms with van der Waals surface area (Å²) in [5, 5.41) is 6.07. The van der Waals surface area contributed by atoms with Crippen molar-refractivity contribution in [1.29, 1.82) is 0 Å². The Balaban J connectivity index is 2.80. The van der Waals surface area contributed by atoms with E-state index >= 15 is 0 Å². The second-order valence-corrected chi connectivity index (χ2v) is 13.8. The van der Waals surface area contributed by atoms with Crippen molar-refractivity contribution in [1.82, 2.24) is 10.6 Å². The van der Waals surface area contributed by atoms with Gasteiger partial charge in [0.15, 0.2) is 0 Å². The van der Waals surface area contributed by atoms with Gasteiger partial charge in [-0.1, -0.05) is 58.9 Å². The normalized spacial score (nSPS) is 19.5. The highest BCUT2D eigenvalue weighted by Crippen LogP contribution is 2.45. The summed E-state index contributed by atoms with van der Waals surface area (Å²) in [5.41, 5.74) is -1.31. The maximum Gasteiger partial charge on any atom is 0.407 e. The zero-order valence-electron chi connectivity index (χ0n) is 29.3. The Bertz CT molecular complexity index is 924. The van der Waals surface area contributed by atoms with Gasteiger partial charge in [-0.05, 0) is 42.9 Å². The molecule has 2 atom stereocenters. The van der Waals surface area contributed by atoms with Gasteiger partial charge < -0.3 is 39.1 Å². The second kappa shape index (κ2) is 21.3. The minimum Gasteiger partial charge on any atom is -0.449 e. The zero-order chi connectivity index (χ0) is 34.5. The first-order valence-corrected chi connectivity index (χ1v) is 16.4. The molecule has 0 spiro atoms. The average Bonchev–Trinajstić information content (AvgIpc) is 3.00. The van der Waals surface area contributed by atoms with E-state index < -0.39 is 23.0 Å². The van der Waals surface area contributed by atoms with Crippen molar-refractivity contribution < 1.29 is 38.0 Å². The van der Waals surface area contributed by atoms with Crippen LogP contribution in [0.2, 0.25) is 0 Å². The van der Waals surface area contributed by atoms with Crippen molar-refractivity contribution in [2.75, 3.05) is 72.6 Å². The molecule has 46 heavy (non-hydrogen) atoms. The molecule has 10 nitrogen and oxygen atoms in total. The maximum atomic E-state index is 13.0. The number of alkyl carbamates (subject to hydrolysis) is 2. The third kappa shape index (κ3) is 15.8. The van der Waals surface area contributed by atoms with E-state index in [0.29, 0.717) is 78.7 Å². The lowest BCUT2D eigenvalue weighted by Crippen LogP contribution is -2.51. The lowest BCUT2D eigenvalue weighted by molar-refractivity contribution is -0.0477. The molecule has 0 aromatic heterocycles. The van der Waals surface area contributed by atoms with Gasteiger partial charge in [0.05, 0.1) is 63.7 Å². The largest absolute Gasteiger partial charge is 0.449 e. The summed E-state index contributed by atoms with van der Waals surface area (Å²) in [6, 6.07) is -0.124. The molecule has 2 unspecified atom stereocenters. The Morgan fingerprint density at radius 3 is 1.50 bits per heavy atom. The Hall–Kier alpha value is -2.66. The van der Waals surface area contributed by atoms with E-state index in [1.807, 2.05) is 13.8 Å². The summed E-state index contributed by atoms with van der Waals surface area (Å²) >= 11 is 0. The van der Waals surface area contributed by atoms with Gasteiger partial charge in [0, 0.05) is 12.6 Å². The lowest BCUT2D eigenvalue weighted by atomic mass is 9.62. The van der Waals surface area contributed by atoms with Gasteiger partial charge in [0.25, 0.3) is 0 Å². The van der Waals surface area contributed by atoms with Crippen molar-refractivity contribution in [2.45, 2.75) is 72.8 Å². The van der Waals surface area contributed by atoms with Crippen LogP contribution in [0.4, 0.5) is 9.59 Å². The van der Waals surface area contributed by atoms with Crippen molar-refractivity contribution in [2.24, 2.45) is 21.7 Å². The average molecular weight is 651 g/mol. The molecule has 1 rings (SSSR count). The summed E-state index contributed by atoms with van der Waals surface area (Å²) in [5.74, 6) is 0. The molecule has 264 valence electrons. The summed E-state index contributed by atoms with van der Waals surface area (Å²) < 4.78 is 34.4. The first-order chi connectivity index (χ1) is 21.9. The van der Waals surface area contributed by atoms with Gasteiger partial charge in [-0.3, -0.25) is 0 Å². The lowest BCUT2D eigenvalue weighted by Gasteiger charge is -2.46. The van der Waals surface area contributed by atoms with Crippen LogP contribution in [-0.2, 0) is 28.4 Å². The number of carbonyl (C=O) groups is 2. The van der Waals surface area contributed by atoms with E-state index in [9.17, 15) is 9.59 Å². The Labute approximate surface area is 278 Å². The first-order valence-electron chi connectivity index (χ1n) is 16.4. The topological polar surface area (TPSA) is 114 Å². The van der Waals surface area contributed by atoms with E-state index in [1.54, 1.807) is 24.3 Å². The van der Waals surface area contributed by atoms with Crippen molar-refractivity contribution in [3.63, 3.8) is 0 Å². The van der Waals surface area contributed by atoms with Crippen LogP contribution < -0.4 is 10.6 Å². The molecular formula is C36H62N2O8. The Morgan fingerprint density at radius 2 is 1.11 bits per heavy atom. The van der Waals surface area contributed by atoms with Crippen LogP contribution in [0.15, 0.2) is 50.6 Å². The number of amides is 2. The molecular weight excluding hydrogens is 588 g/mol. The van der Waals surface area contributed by atoms with Gasteiger partial charge in [0.1, 0.15) is 13.2 Å². The predicted octanol–water partition coefficient (Wildman–Crippen LogP) is 6.63. The number of hydrogen-bond acceptors (Lipinski definition) is 8. The molecule has 0 bridgehead atoms. The number of rotatable bonds is 25. The first kappa shape index (κ1) is 41.4. The molecule has 0 aromatic carbocycles. The molecule has 1 saturated carbocycles. The van der Waals surface area contributed by atoms with Crippen LogP contribution in [-0.4, -0.2) is 90.8 Å². The number of nitrogens with one attached hydrogen (secondary N) is 2. The monoisotopic (exact) mass is 650 g/mol. The summed E-state index contributed by atoms with van der Waals surface area (Å²) in [7, 11) is 0. The zero-order valence-corrected chi connectivity index (χ0v) is 29.3. The predicted molar refractivity (Wildman–Crippen MR) is 183 cm³/mol. The molecule has 10 heteroatoms. The molecule has 1 aliphatic rings. The number of carbonyl (C=O) groups excluding carboxylic acids is 2. The van der Waals surface area contributed by atoms with Crippen molar-refractivity contribution >= 4 is 12.2 Å². The molecule has 0 heterocycles. The molecule has 0 aliphatic heterocycles. The molecule has 0 saturated heterocycles. The fourth-order valence-corrected chi connectivity index (χ4v) is 6.15. The SMILES string of the molecule is C=CCOCC(CC)(COCC=C)COC(=O)NCC1(C)CC(NC(=O)OCC(CC)(COCC=C)COCC=C)CC(C)(C)C1. The summed E-state index contributed by atoms with van der Waals surface area (Å²) in [6.07, 6.45) is 9.53. The van der Waals surface area contributed by atoms with E-state index in [4.69, 9.17) is 28.4 Å². The minimum absolute atomic E-state index is 0.0664. The molecule has 2 N–H and O–H groups in total. The highest BCUT2D eigenvalue weighted by atomic mass is 16.6. The molecule has 0 radical (unpaired) electrons. The van der Waals surface area contributed by atoms with Crippen molar-refractivity contribution in [3.05, 3.63) is 50.6 Å². The van der Waals surface area contributed by atoms with Crippen molar-refractivity contribution in [3.8, 4) is 0 Å². The van der Waals surface area contributed by atoms with Crippen LogP contribution in [0, 0.1) is 21.7 Å². The Kier molecular flexibility index (Phi) is 19.1. The van der Waals surface area contributed by atoms with E-state index in [2.05, 4.69) is 57.7 Å². The van der Waals surface area contributed by atoms with E-state index in [0.717, 1.165) is 12.8 Å². The highest BCUT2D eigenvalue weighted by Gasteiger charge is 2.42. The molecule has 0 aromatic rings. The summed E-state index contributed by atoms with van der Waals surface area (Å²) in [4.78, 5) is 25.9. The Morgan fingerprint density at radius 1 is 0.696 bits per heavy atom. The minimum atomic E-state index is -0.493. The van der Waals surface area contributed by atoms with Crippen LogP contribution in [0.3, 0.4) is 0 Å². The number of ether oxygens (including phenoxy) is 6. The quantitative estimate of drug-likeness (QED) is 0.0837.